The van der Waals surface area contributed by atoms with E-state index in [1.807, 2.05) is 27.7 Å². The molecule has 0 atom stereocenters. The first-order valence-corrected chi connectivity index (χ1v) is 6.81. The van der Waals surface area contributed by atoms with Gasteiger partial charge in [-0.15, -0.1) is 11.8 Å². The summed E-state index contributed by atoms with van der Waals surface area (Å²) in [5.74, 6) is 1.70. The molecule has 0 aliphatic carbocycles. The van der Waals surface area contributed by atoms with E-state index >= 15 is 0 Å². The zero-order valence-corrected chi connectivity index (χ0v) is 12.0. The second kappa shape index (κ2) is 6.04. The fraction of sp³-hybridized carbons (Fsp3) is 0.583. The smallest absolute Gasteiger partial charge is 0.316 e. The average molecular weight is 269 g/mol. The van der Waals surface area contributed by atoms with Crippen LogP contribution in [0.4, 0.5) is 5.82 Å². The van der Waals surface area contributed by atoms with E-state index in [0.717, 1.165) is 5.69 Å². The van der Waals surface area contributed by atoms with Crippen LogP contribution in [0.5, 0.6) is 0 Å². The predicted molar refractivity (Wildman–Crippen MR) is 73.2 cm³/mol. The number of carbonyl (C=O) groups is 1. The van der Waals surface area contributed by atoms with Crippen molar-refractivity contribution >= 4 is 23.5 Å². The van der Waals surface area contributed by atoms with Gasteiger partial charge in [-0.3, -0.25) is 4.79 Å². The zero-order chi connectivity index (χ0) is 13.8. The van der Waals surface area contributed by atoms with Gasteiger partial charge >= 0.3 is 5.97 Å². The lowest BCUT2D eigenvalue weighted by Gasteiger charge is -2.19. The van der Waals surface area contributed by atoms with Gasteiger partial charge in [-0.2, -0.15) is 0 Å². The van der Waals surface area contributed by atoms with Gasteiger partial charge in [0.2, 0.25) is 0 Å². The number of aromatic nitrogens is 2. The maximum Gasteiger partial charge on any atom is 0.316 e. The van der Waals surface area contributed by atoms with Gasteiger partial charge in [0, 0.05) is 11.8 Å². The van der Waals surface area contributed by atoms with Crippen LogP contribution >= 0.6 is 11.8 Å². The Morgan fingerprint density at radius 2 is 2.11 bits per heavy atom. The molecule has 0 saturated carbocycles. The van der Waals surface area contributed by atoms with Crippen LogP contribution in [0.15, 0.2) is 6.07 Å². The van der Waals surface area contributed by atoms with E-state index in [4.69, 9.17) is 10.5 Å². The third kappa shape index (κ3) is 5.86. The summed E-state index contributed by atoms with van der Waals surface area (Å²) in [5.41, 5.74) is 6.01. The van der Waals surface area contributed by atoms with Crippen LogP contribution in [0.3, 0.4) is 0 Å². The average Bonchev–Trinajstić information content (AvgIpc) is 2.12. The molecule has 18 heavy (non-hydrogen) atoms. The van der Waals surface area contributed by atoms with Crippen molar-refractivity contribution in [2.24, 2.45) is 0 Å². The van der Waals surface area contributed by atoms with Gasteiger partial charge in [-0.05, 0) is 27.7 Å². The Morgan fingerprint density at radius 1 is 1.44 bits per heavy atom. The lowest BCUT2D eigenvalue weighted by atomic mass is 10.2. The summed E-state index contributed by atoms with van der Waals surface area (Å²) in [6, 6.07) is 1.71. The lowest BCUT2D eigenvalue weighted by Crippen LogP contribution is -2.25. The van der Waals surface area contributed by atoms with Gasteiger partial charge in [-0.25, -0.2) is 9.97 Å². The molecule has 0 aliphatic rings. The summed E-state index contributed by atoms with van der Waals surface area (Å²) in [5, 5.41) is 0. The summed E-state index contributed by atoms with van der Waals surface area (Å²) >= 11 is 1.42. The molecule has 1 rings (SSSR count). The summed E-state index contributed by atoms with van der Waals surface area (Å²) < 4.78 is 5.20. The van der Waals surface area contributed by atoms with E-state index in [2.05, 4.69) is 9.97 Å². The fourth-order valence-corrected chi connectivity index (χ4v) is 1.96. The summed E-state index contributed by atoms with van der Waals surface area (Å²) in [6.07, 6.45) is 0. The van der Waals surface area contributed by atoms with Gasteiger partial charge in [0.25, 0.3) is 0 Å². The number of rotatable bonds is 4. The van der Waals surface area contributed by atoms with E-state index in [-0.39, 0.29) is 11.7 Å². The highest BCUT2D eigenvalue weighted by molar-refractivity contribution is 7.99. The van der Waals surface area contributed by atoms with Gasteiger partial charge < -0.3 is 10.5 Å². The van der Waals surface area contributed by atoms with Crippen LogP contribution in [-0.4, -0.2) is 27.3 Å². The Morgan fingerprint density at radius 3 is 2.67 bits per heavy atom. The van der Waals surface area contributed by atoms with Crippen LogP contribution < -0.4 is 5.73 Å². The Balaban J connectivity index is 2.40. The summed E-state index contributed by atoms with van der Waals surface area (Å²) in [6.45, 7) is 7.40. The topological polar surface area (TPSA) is 78.1 Å². The molecule has 2 N–H and O–H groups in total. The van der Waals surface area contributed by atoms with Crippen molar-refractivity contribution < 1.29 is 9.53 Å². The Hall–Kier alpha value is -1.30. The molecule has 0 radical (unpaired) electrons. The molecule has 0 aromatic carbocycles. The molecule has 0 amide bonds. The third-order valence-electron chi connectivity index (χ3n) is 1.79. The van der Waals surface area contributed by atoms with E-state index in [0.29, 0.717) is 17.4 Å². The number of nitrogens with zero attached hydrogens (tertiary/aromatic N) is 2. The molecule has 1 aromatic heterocycles. The molecule has 0 aliphatic heterocycles. The van der Waals surface area contributed by atoms with E-state index in [1.54, 1.807) is 6.07 Å². The number of nitrogens with two attached hydrogens (primary N) is 1. The number of anilines is 1. The number of ether oxygens (including phenoxy) is 1. The van der Waals surface area contributed by atoms with Crippen molar-refractivity contribution in [3.8, 4) is 0 Å². The Bertz CT molecular complexity index is 410. The molecule has 1 aromatic rings. The zero-order valence-electron chi connectivity index (χ0n) is 11.2. The van der Waals surface area contributed by atoms with Crippen molar-refractivity contribution in [2.45, 2.75) is 39.0 Å². The number of carbonyl (C=O) groups excluding carboxylic acids is 1. The number of esters is 1. The van der Waals surface area contributed by atoms with Crippen molar-refractivity contribution in [3.05, 3.63) is 17.6 Å². The number of aryl methyl sites for hydroxylation is 1. The molecule has 100 valence electrons. The van der Waals surface area contributed by atoms with Gasteiger partial charge in [-0.1, -0.05) is 0 Å². The van der Waals surface area contributed by atoms with E-state index in [9.17, 15) is 4.79 Å². The SMILES string of the molecule is Cc1cc(N)nc(CSCC(=O)OC(C)(C)C)n1. The summed E-state index contributed by atoms with van der Waals surface area (Å²) in [7, 11) is 0. The molecule has 5 nitrogen and oxygen atoms in total. The van der Waals surface area contributed by atoms with Crippen molar-refractivity contribution in [2.75, 3.05) is 11.5 Å². The summed E-state index contributed by atoms with van der Waals surface area (Å²) in [4.78, 5) is 19.8. The van der Waals surface area contributed by atoms with Gasteiger partial charge in [0.15, 0.2) is 0 Å². The van der Waals surface area contributed by atoms with Crippen molar-refractivity contribution in [1.82, 2.24) is 9.97 Å². The van der Waals surface area contributed by atoms with Crippen LogP contribution in [0, 0.1) is 6.92 Å². The molecule has 6 heteroatoms. The van der Waals surface area contributed by atoms with E-state index in [1.165, 1.54) is 11.8 Å². The first-order chi connectivity index (χ1) is 8.26. The predicted octanol–water partition coefficient (Wildman–Crippen LogP) is 1.94. The second-order valence-electron chi connectivity index (χ2n) is 4.93. The van der Waals surface area contributed by atoms with Gasteiger partial charge in [0.05, 0.1) is 11.5 Å². The minimum Gasteiger partial charge on any atom is -0.459 e. The van der Waals surface area contributed by atoms with E-state index < -0.39 is 5.60 Å². The number of hydrogen-bond acceptors (Lipinski definition) is 6. The first kappa shape index (κ1) is 14.8. The molecular weight excluding hydrogens is 250 g/mol. The number of hydrogen-bond donors (Lipinski definition) is 1. The molecule has 1 heterocycles. The van der Waals surface area contributed by atoms with Gasteiger partial charge in [0.1, 0.15) is 17.2 Å². The van der Waals surface area contributed by atoms with Crippen LogP contribution in [0.2, 0.25) is 0 Å². The van der Waals surface area contributed by atoms with Crippen molar-refractivity contribution in [1.29, 1.82) is 0 Å². The molecule has 0 unspecified atom stereocenters. The Kier molecular flexibility index (Phi) is 4.95. The largest absolute Gasteiger partial charge is 0.459 e. The lowest BCUT2D eigenvalue weighted by molar-refractivity contribution is -0.151. The highest BCUT2D eigenvalue weighted by Crippen LogP contribution is 2.13. The molecular formula is C12H19N3O2S. The molecule has 0 fully saturated rings. The fourth-order valence-electron chi connectivity index (χ4n) is 1.32. The van der Waals surface area contributed by atoms with Crippen LogP contribution in [-0.2, 0) is 15.3 Å². The minimum absolute atomic E-state index is 0.229. The highest BCUT2D eigenvalue weighted by atomic mass is 32.2. The highest BCUT2D eigenvalue weighted by Gasteiger charge is 2.16. The molecule has 0 saturated heterocycles. The normalized spacial score (nSPS) is 11.3. The minimum atomic E-state index is -0.443. The molecule has 0 spiro atoms. The van der Waals surface area contributed by atoms with Crippen LogP contribution in [0.25, 0.3) is 0 Å². The monoisotopic (exact) mass is 269 g/mol. The Labute approximate surface area is 112 Å². The number of nitrogen functional groups attached to an aromatic ring is 1. The third-order valence-corrected chi connectivity index (χ3v) is 2.69. The first-order valence-electron chi connectivity index (χ1n) is 5.66. The second-order valence-corrected chi connectivity index (χ2v) is 5.92. The van der Waals surface area contributed by atoms with Crippen molar-refractivity contribution in [3.63, 3.8) is 0 Å². The maximum absolute atomic E-state index is 11.5. The molecule has 0 bridgehead atoms. The standard InChI is InChI=1S/C12H19N3O2S/c1-8-5-9(13)15-10(14-8)6-18-7-11(16)17-12(2,3)4/h5H,6-7H2,1-4H3,(H2,13,14,15). The van der Waals surface area contributed by atoms with Crippen LogP contribution in [0.1, 0.15) is 32.3 Å². The quantitative estimate of drug-likeness (QED) is 0.842. The number of thioether (sulfide) groups is 1. The maximum atomic E-state index is 11.5.